The Morgan fingerprint density at radius 3 is 1.52 bits per heavy atom. The van der Waals surface area contributed by atoms with Crippen LogP contribution in [0.15, 0.2) is 0 Å². The van der Waals surface area contributed by atoms with Crippen molar-refractivity contribution in [1.82, 2.24) is 0 Å². The van der Waals surface area contributed by atoms with Crippen molar-refractivity contribution in [2.75, 3.05) is 0 Å². The van der Waals surface area contributed by atoms with Crippen LogP contribution in [0.2, 0.25) is 0 Å². The van der Waals surface area contributed by atoms with Crippen molar-refractivity contribution in [2.45, 2.75) is 49.5 Å². The summed E-state index contributed by atoms with van der Waals surface area (Å²) in [5.41, 5.74) is 0. The van der Waals surface area contributed by atoms with Crippen LogP contribution in [0.25, 0.3) is 0 Å². The Balaban J connectivity index is 6.02. The van der Waals surface area contributed by atoms with Gasteiger partial charge in [0.2, 0.25) is 11.1 Å². The zero-order valence-corrected chi connectivity index (χ0v) is 11.8. The van der Waals surface area contributed by atoms with Gasteiger partial charge in [0, 0.05) is 0 Å². The molecule has 0 aromatic rings. The van der Waals surface area contributed by atoms with Crippen molar-refractivity contribution < 1.29 is 62.1 Å². The van der Waals surface area contributed by atoms with Gasteiger partial charge in [0.05, 0.1) is 6.10 Å². The zero-order chi connectivity index (χ0) is 19.1. The minimum absolute atomic E-state index is 0.653. The van der Waals surface area contributed by atoms with Gasteiger partial charge < -0.3 is 9.29 Å². The van der Waals surface area contributed by atoms with E-state index in [0.29, 0.717) is 13.8 Å². The third kappa shape index (κ3) is 4.24. The molecule has 0 saturated heterocycles. The number of alkyl halides is 10. The van der Waals surface area contributed by atoms with Crippen molar-refractivity contribution in [3.63, 3.8) is 0 Å². The first kappa shape index (κ1) is 22.3. The molecular weight excluding hydrogens is 382 g/mol. The number of hydrogen-bond acceptors (Lipinski definition) is 3. The smallest absolute Gasteiger partial charge is 0.313 e. The minimum atomic E-state index is -6.97. The van der Waals surface area contributed by atoms with Gasteiger partial charge in [-0.3, -0.25) is 4.74 Å². The number of rotatable bonds is 7. The zero-order valence-electron chi connectivity index (χ0n) is 10.9. The van der Waals surface area contributed by atoms with Crippen LogP contribution in [0, 0.1) is 0 Å². The van der Waals surface area contributed by atoms with E-state index >= 15 is 0 Å². The third-order valence-corrected chi connectivity index (χ3v) is 2.63. The molecule has 0 aliphatic heterocycles. The normalized spacial score (nSPS) is 18.9. The summed E-state index contributed by atoms with van der Waals surface area (Å²) in [5.74, 6) is -6.74. The standard InChI is InChI=1S/C8H8F10O4S/c1-3(2)21-6(13,14)4(9,5(10,11)12)22-7(15,16)8(17,18)23(19)20/h3H,1-2H3,(H,19,20). The van der Waals surface area contributed by atoms with E-state index in [9.17, 15) is 48.1 Å². The molecule has 0 spiro atoms. The first-order valence-electron chi connectivity index (χ1n) is 5.20. The van der Waals surface area contributed by atoms with Gasteiger partial charge in [-0.15, -0.1) is 0 Å². The van der Waals surface area contributed by atoms with Crippen LogP contribution in [0.1, 0.15) is 13.8 Å². The molecule has 140 valence electrons. The van der Waals surface area contributed by atoms with Gasteiger partial charge in [-0.25, -0.2) is 4.21 Å². The topological polar surface area (TPSA) is 55.8 Å². The number of halogens is 10. The highest BCUT2D eigenvalue weighted by molar-refractivity contribution is 7.80. The highest BCUT2D eigenvalue weighted by atomic mass is 32.2. The second-order valence-corrected chi connectivity index (χ2v) is 5.17. The fourth-order valence-electron chi connectivity index (χ4n) is 0.992. The second-order valence-electron chi connectivity index (χ2n) is 4.16. The Hall–Kier alpha value is -0.670. The quantitative estimate of drug-likeness (QED) is 0.533. The molecule has 0 amide bonds. The van der Waals surface area contributed by atoms with Crippen LogP contribution in [0.4, 0.5) is 43.9 Å². The van der Waals surface area contributed by atoms with E-state index in [1.807, 2.05) is 4.74 Å². The summed E-state index contributed by atoms with van der Waals surface area (Å²) >= 11 is -4.87. The Morgan fingerprint density at radius 1 is 0.870 bits per heavy atom. The summed E-state index contributed by atoms with van der Waals surface area (Å²) in [7, 11) is 0. The average Bonchev–Trinajstić information content (AvgIpc) is 2.23. The van der Waals surface area contributed by atoms with Crippen LogP contribution in [-0.2, 0) is 20.6 Å². The lowest BCUT2D eigenvalue weighted by atomic mass is 10.2. The maximum atomic E-state index is 13.5. The molecule has 0 radical (unpaired) electrons. The van der Waals surface area contributed by atoms with Crippen molar-refractivity contribution >= 4 is 11.1 Å². The van der Waals surface area contributed by atoms with E-state index in [1.165, 1.54) is 0 Å². The van der Waals surface area contributed by atoms with Crippen LogP contribution >= 0.6 is 0 Å². The van der Waals surface area contributed by atoms with Crippen molar-refractivity contribution in [2.24, 2.45) is 0 Å². The molecule has 0 bridgehead atoms. The van der Waals surface area contributed by atoms with Gasteiger partial charge in [-0.2, -0.15) is 43.9 Å². The summed E-state index contributed by atoms with van der Waals surface area (Å²) in [4.78, 5) is 0. The molecule has 0 aromatic carbocycles. The lowest BCUT2D eigenvalue weighted by Crippen LogP contribution is -2.64. The Labute approximate surface area is 124 Å². The SMILES string of the molecule is CC(C)OC(F)(F)C(F)(OC(F)(F)C(F)(F)S(=O)O)C(F)(F)F. The van der Waals surface area contributed by atoms with Crippen LogP contribution in [-0.4, -0.2) is 44.4 Å². The fraction of sp³-hybridized carbons (Fsp3) is 1.00. The minimum Gasteiger partial charge on any atom is -0.313 e. The van der Waals surface area contributed by atoms with Gasteiger partial charge in [-0.1, -0.05) is 0 Å². The molecule has 1 N–H and O–H groups in total. The first-order valence-corrected chi connectivity index (χ1v) is 6.30. The lowest BCUT2D eigenvalue weighted by Gasteiger charge is -2.37. The molecular formula is C8H8F10O4S. The average molecular weight is 390 g/mol. The first-order chi connectivity index (χ1) is 9.82. The van der Waals surface area contributed by atoms with E-state index in [2.05, 4.69) is 4.74 Å². The van der Waals surface area contributed by atoms with Gasteiger partial charge in [0.1, 0.15) is 0 Å². The van der Waals surface area contributed by atoms with Crippen LogP contribution in [0.3, 0.4) is 0 Å². The van der Waals surface area contributed by atoms with Crippen molar-refractivity contribution in [3.05, 3.63) is 0 Å². The van der Waals surface area contributed by atoms with Gasteiger partial charge in [-0.05, 0) is 13.8 Å². The second kappa shape index (κ2) is 6.33. The monoisotopic (exact) mass is 390 g/mol. The Morgan fingerprint density at radius 2 is 1.26 bits per heavy atom. The molecule has 15 heteroatoms. The predicted octanol–water partition coefficient (Wildman–Crippen LogP) is 3.66. The largest absolute Gasteiger partial charge is 0.458 e. The summed E-state index contributed by atoms with van der Waals surface area (Å²) in [6.45, 7) is 1.31. The number of hydrogen-bond donors (Lipinski definition) is 1. The van der Waals surface area contributed by atoms with Crippen molar-refractivity contribution in [3.8, 4) is 0 Å². The summed E-state index contributed by atoms with van der Waals surface area (Å²) in [6, 6.07) is 0. The van der Waals surface area contributed by atoms with Crippen LogP contribution in [0.5, 0.6) is 0 Å². The summed E-state index contributed by atoms with van der Waals surface area (Å²) in [6.07, 6.45) is -21.8. The summed E-state index contributed by atoms with van der Waals surface area (Å²) < 4.78 is 151. The van der Waals surface area contributed by atoms with E-state index in [0.717, 1.165) is 0 Å². The molecule has 0 heterocycles. The van der Waals surface area contributed by atoms with Crippen LogP contribution < -0.4 is 0 Å². The molecule has 2 atom stereocenters. The molecule has 0 aliphatic carbocycles. The van der Waals surface area contributed by atoms with E-state index < -0.39 is 46.7 Å². The molecule has 0 rings (SSSR count). The molecule has 0 saturated carbocycles. The fourth-order valence-corrected chi connectivity index (χ4v) is 1.24. The van der Waals surface area contributed by atoms with Gasteiger partial charge in [0.15, 0.2) is 0 Å². The highest BCUT2D eigenvalue weighted by Crippen LogP contribution is 2.52. The van der Waals surface area contributed by atoms with Gasteiger partial charge >= 0.3 is 29.5 Å². The van der Waals surface area contributed by atoms with Crippen molar-refractivity contribution in [1.29, 1.82) is 0 Å². The Bertz CT molecular complexity index is 451. The predicted molar refractivity (Wildman–Crippen MR) is 52.8 cm³/mol. The van der Waals surface area contributed by atoms with E-state index in [-0.39, 0.29) is 0 Å². The molecule has 2 unspecified atom stereocenters. The Kier molecular flexibility index (Phi) is 6.14. The summed E-state index contributed by atoms with van der Waals surface area (Å²) in [5, 5.41) is -6.33. The van der Waals surface area contributed by atoms with Gasteiger partial charge in [0.25, 0.3) is 0 Å². The lowest BCUT2D eigenvalue weighted by molar-refractivity contribution is -0.515. The maximum Gasteiger partial charge on any atom is 0.458 e. The number of ether oxygens (including phenoxy) is 2. The molecule has 23 heavy (non-hydrogen) atoms. The highest BCUT2D eigenvalue weighted by Gasteiger charge is 2.80. The molecule has 0 aliphatic rings. The van der Waals surface area contributed by atoms with E-state index in [1.54, 1.807) is 0 Å². The maximum absolute atomic E-state index is 13.5. The van der Waals surface area contributed by atoms with E-state index in [4.69, 9.17) is 4.55 Å². The molecule has 0 aromatic heterocycles. The molecule has 4 nitrogen and oxygen atoms in total. The molecule has 0 fully saturated rings. The third-order valence-electron chi connectivity index (χ3n) is 1.95.